The lowest BCUT2D eigenvalue weighted by atomic mass is 9.98. The van der Waals surface area contributed by atoms with Crippen LogP contribution in [0.3, 0.4) is 0 Å². The molecule has 0 aliphatic carbocycles. The van der Waals surface area contributed by atoms with Crippen molar-refractivity contribution in [1.29, 1.82) is 0 Å². The summed E-state index contributed by atoms with van der Waals surface area (Å²) >= 11 is 0. The summed E-state index contributed by atoms with van der Waals surface area (Å²) in [4.78, 5) is 1.78. The van der Waals surface area contributed by atoms with Crippen molar-refractivity contribution < 1.29 is 10.6 Å². The van der Waals surface area contributed by atoms with E-state index in [4.69, 9.17) is 0 Å². The number of hydrogen-bond donors (Lipinski definition) is 2. The van der Waals surface area contributed by atoms with Gasteiger partial charge in [-0.25, -0.2) is 0 Å². The third kappa shape index (κ3) is 2.17. The van der Waals surface area contributed by atoms with E-state index in [0.717, 1.165) is 18.6 Å². The lowest BCUT2D eigenvalue weighted by Gasteiger charge is -2.34. The van der Waals surface area contributed by atoms with Gasteiger partial charge in [-0.3, -0.25) is 0 Å². The highest BCUT2D eigenvalue weighted by Gasteiger charge is 2.27. The van der Waals surface area contributed by atoms with Crippen molar-refractivity contribution in [3.63, 3.8) is 0 Å². The highest BCUT2D eigenvalue weighted by Crippen LogP contribution is 2.06. The molecule has 0 bridgehead atoms. The quantitative estimate of drug-likeness (QED) is 0.521. The van der Waals surface area contributed by atoms with Crippen molar-refractivity contribution in [3.05, 3.63) is 0 Å². The first-order valence-electron chi connectivity index (χ1n) is 4.90. The van der Waals surface area contributed by atoms with Crippen LogP contribution in [0.15, 0.2) is 0 Å². The molecule has 66 valence electrons. The normalized spacial score (nSPS) is 34.1. The number of nitrogens with one attached hydrogen (secondary N) is 1. The van der Waals surface area contributed by atoms with E-state index in [9.17, 15) is 0 Å². The average molecular weight is 158 g/mol. The lowest BCUT2D eigenvalue weighted by Crippen LogP contribution is -3.20. The average Bonchev–Trinajstić information content (AvgIpc) is 1.97. The molecule has 1 rings (SSSR count). The van der Waals surface area contributed by atoms with Crippen molar-refractivity contribution in [3.8, 4) is 0 Å². The topological polar surface area (TPSA) is 32.1 Å². The predicted molar refractivity (Wildman–Crippen MR) is 46.4 cm³/mol. The van der Waals surface area contributed by atoms with Crippen LogP contribution in [0, 0.1) is 0 Å². The Bertz CT molecular complexity index is 104. The van der Waals surface area contributed by atoms with E-state index < -0.39 is 0 Å². The van der Waals surface area contributed by atoms with Crippen LogP contribution in [0.5, 0.6) is 0 Å². The molecule has 0 radical (unpaired) electrons. The van der Waals surface area contributed by atoms with E-state index in [-0.39, 0.29) is 0 Å². The van der Waals surface area contributed by atoms with Gasteiger partial charge in [0.15, 0.2) is 0 Å². The molecular formula is C9H22N2+2. The van der Waals surface area contributed by atoms with E-state index in [1.807, 2.05) is 0 Å². The van der Waals surface area contributed by atoms with E-state index >= 15 is 0 Å². The molecule has 0 aromatic carbocycles. The standard InChI is InChI=1S/C9H20N2/c1-8-4-3-5-9(2)11(8)7-6-10/h8-9H,3-7,10H2,1-2H3/p+2/t8-,9-/m1/s1. The highest BCUT2D eigenvalue weighted by molar-refractivity contribution is 4.61. The SMILES string of the molecule is C[C@@H]1CCC[C@@H](C)[NH+]1CC[NH3+]. The van der Waals surface area contributed by atoms with Crippen LogP contribution in [0.25, 0.3) is 0 Å². The van der Waals surface area contributed by atoms with E-state index in [0.29, 0.717) is 0 Å². The molecule has 0 spiro atoms. The summed E-state index contributed by atoms with van der Waals surface area (Å²) in [5, 5.41) is 0. The third-order valence-corrected chi connectivity index (χ3v) is 3.01. The fraction of sp³-hybridized carbons (Fsp3) is 1.00. The van der Waals surface area contributed by atoms with Crippen LogP contribution in [-0.2, 0) is 0 Å². The Morgan fingerprint density at radius 1 is 1.27 bits per heavy atom. The first-order chi connectivity index (χ1) is 5.25. The van der Waals surface area contributed by atoms with Crippen molar-refractivity contribution in [2.75, 3.05) is 13.1 Å². The van der Waals surface area contributed by atoms with Gasteiger partial charge in [-0.15, -0.1) is 0 Å². The maximum atomic E-state index is 3.93. The summed E-state index contributed by atoms with van der Waals surface area (Å²) < 4.78 is 0. The number of piperidine rings is 1. The molecule has 2 heteroatoms. The summed E-state index contributed by atoms with van der Waals surface area (Å²) in [5.41, 5.74) is 3.93. The maximum absolute atomic E-state index is 3.93. The molecule has 2 atom stereocenters. The first-order valence-corrected chi connectivity index (χ1v) is 4.90. The molecule has 1 aliphatic heterocycles. The Hall–Kier alpha value is -0.0800. The molecule has 1 fully saturated rings. The Morgan fingerprint density at radius 2 is 1.82 bits per heavy atom. The van der Waals surface area contributed by atoms with Gasteiger partial charge in [-0.2, -0.15) is 0 Å². The third-order valence-electron chi connectivity index (χ3n) is 3.01. The molecule has 0 aromatic rings. The molecule has 4 N–H and O–H groups in total. The van der Waals surface area contributed by atoms with Gasteiger partial charge in [0.1, 0.15) is 13.1 Å². The zero-order chi connectivity index (χ0) is 8.27. The first kappa shape index (κ1) is 9.01. The fourth-order valence-electron chi connectivity index (χ4n) is 2.28. The van der Waals surface area contributed by atoms with Crippen molar-refractivity contribution in [1.82, 2.24) is 0 Å². The Kier molecular flexibility index (Phi) is 3.34. The summed E-state index contributed by atoms with van der Waals surface area (Å²) in [7, 11) is 0. The fourth-order valence-corrected chi connectivity index (χ4v) is 2.28. The van der Waals surface area contributed by atoms with Gasteiger partial charge >= 0.3 is 0 Å². The van der Waals surface area contributed by atoms with Crippen LogP contribution in [0.1, 0.15) is 33.1 Å². The van der Waals surface area contributed by atoms with Crippen LogP contribution in [-0.4, -0.2) is 25.2 Å². The Balaban J connectivity index is 2.41. The van der Waals surface area contributed by atoms with Crippen molar-refractivity contribution in [2.45, 2.75) is 45.2 Å². The van der Waals surface area contributed by atoms with Crippen molar-refractivity contribution >= 4 is 0 Å². The number of quaternary nitrogens is 2. The monoisotopic (exact) mass is 158 g/mol. The molecule has 0 unspecified atom stereocenters. The molecule has 2 nitrogen and oxygen atoms in total. The number of likely N-dealkylation sites (tertiary alicyclic amines) is 1. The van der Waals surface area contributed by atoms with Gasteiger partial charge < -0.3 is 10.6 Å². The molecule has 1 aliphatic rings. The molecule has 0 saturated carbocycles. The summed E-state index contributed by atoms with van der Waals surface area (Å²) in [6.45, 7) is 7.10. The Morgan fingerprint density at radius 3 is 2.27 bits per heavy atom. The van der Waals surface area contributed by atoms with Gasteiger partial charge in [0.25, 0.3) is 0 Å². The smallest absolute Gasteiger partial charge is 0.127 e. The number of rotatable bonds is 2. The van der Waals surface area contributed by atoms with Crippen LogP contribution in [0.2, 0.25) is 0 Å². The maximum Gasteiger partial charge on any atom is 0.127 e. The molecule has 1 heterocycles. The summed E-state index contributed by atoms with van der Waals surface area (Å²) in [5.74, 6) is 0. The van der Waals surface area contributed by atoms with Crippen LogP contribution < -0.4 is 10.6 Å². The van der Waals surface area contributed by atoms with Gasteiger partial charge in [0, 0.05) is 0 Å². The second kappa shape index (κ2) is 4.07. The summed E-state index contributed by atoms with van der Waals surface area (Å²) in [6.07, 6.45) is 4.27. The van der Waals surface area contributed by atoms with Gasteiger partial charge in [0.2, 0.25) is 0 Å². The zero-order valence-electron chi connectivity index (χ0n) is 7.90. The Labute approximate surface area is 69.8 Å². The summed E-state index contributed by atoms with van der Waals surface area (Å²) in [6, 6.07) is 1.75. The van der Waals surface area contributed by atoms with E-state index in [2.05, 4.69) is 19.6 Å². The molecule has 1 saturated heterocycles. The zero-order valence-corrected chi connectivity index (χ0v) is 7.90. The number of hydrogen-bond acceptors (Lipinski definition) is 0. The van der Waals surface area contributed by atoms with E-state index in [1.165, 1.54) is 25.8 Å². The highest BCUT2D eigenvalue weighted by atomic mass is 15.2. The molecule has 0 amide bonds. The molecular weight excluding hydrogens is 136 g/mol. The minimum Gasteiger partial charge on any atom is -0.353 e. The largest absolute Gasteiger partial charge is 0.353 e. The predicted octanol–water partition coefficient (Wildman–Crippen LogP) is -0.926. The lowest BCUT2D eigenvalue weighted by molar-refractivity contribution is -0.955. The second-order valence-corrected chi connectivity index (χ2v) is 3.91. The molecule has 0 aromatic heterocycles. The second-order valence-electron chi connectivity index (χ2n) is 3.91. The van der Waals surface area contributed by atoms with E-state index in [1.54, 1.807) is 4.90 Å². The van der Waals surface area contributed by atoms with Gasteiger partial charge in [-0.05, 0) is 33.1 Å². The minimum absolute atomic E-state index is 0.875. The van der Waals surface area contributed by atoms with Crippen LogP contribution in [0.4, 0.5) is 0 Å². The van der Waals surface area contributed by atoms with Crippen LogP contribution >= 0.6 is 0 Å². The molecule has 11 heavy (non-hydrogen) atoms. The van der Waals surface area contributed by atoms with Gasteiger partial charge in [-0.1, -0.05) is 0 Å². The van der Waals surface area contributed by atoms with Crippen molar-refractivity contribution in [2.24, 2.45) is 0 Å². The van der Waals surface area contributed by atoms with Gasteiger partial charge in [0.05, 0.1) is 12.1 Å². The minimum atomic E-state index is 0.875.